The first-order chi connectivity index (χ1) is 31.4. The van der Waals surface area contributed by atoms with Crippen LogP contribution in [0.1, 0.15) is 58.5 Å². The molecule has 0 aliphatic carbocycles. The minimum absolute atomic E-state index is 0.0149. The lowest BCUT2D eigenvalue weighted by Gasteiger charge is -2.43. The van der Waals surface area contributed by atoms with Crippen molar-refractivity contribution in [2.75, 3.05) is 82.8 Å². The summed E-state index contributed by atoms with van der Waals surface area (Å²) in [5.74, 6) is -1.18. The fourth-order valence-corrected chi connectivity index (χ4v) is 9.72. The predicted octanol–water partition coefficient (Wildman–Crippen LogP) is 6.10. The molecule has 15 nitrogen and oxygen atoms in total. The summed E-state index contributed by atoms with van der Waals surface area (Å²) in [6.07, 6.45) is 8.52. The maximum atomic E-state index is 16.6. The minimum atomic E-state index is -0.550. The van der Waals surface area contributed by atoms with Crippen LogP contribution in [0, 0.1) is 5.82 Å². The van der Waals surface area contributed by atoms with E-state index < -0.39 is 11.8 Å². The smallest absolute Gasteiger partial charge is 0.328 e. The number of urea groups is 1. The second-order valence-electron chi connectivity index (χ2n) is 17.3. The quantitative estimate of drug-likeness (QED) is 0.171. The summed E-state index contributed by atoms with van der Waals surface area (Å²) >= 11 is 6.43. The Labute approximate surface area is 381 Å². The number of halogens is 2. The van der Waals surface area contributed by atoms with Gasteiger partial charge in [-0.05, 0) is 84.5 Å². The molecule has 65 heavy (non-hydrogen) atoms. The standard InChI is InChI=1S/C48H52ClFN10O5/c1-54(2)47(64)40-29-38-36(28-37(44(50)45(38)52-40)33-5-3-17-58(30-33)43(62)15-21-59-18-4-16-51-59)31-6-9-34(10-7-31)55-19-12-35(13-20-55)56-23-25-57(26-24-56)46(63)32-8-11-39(49)41(27-32)60-22-14-42(61)53-48(60)65/h4-11,16,18,27-29,35,52H,3,12-15,17,19-26,30H2,1-2H3,(H,53,61,65). The Morgan fingerprint density at radius 1 is 0.892 bits per heavy atom. The van der Waals surface area contributed by atoms with Gasteiger partial charge >= 0.3 is 6.03 Å². The first kappa shape index (κ1) is 43.7. The Morgan fingerprint density at radius 2 is 1.66 bits per heavy atom. The van der Waals surface area contributed by atoms with Gasteiger partial charge in [0.2, 0.25) is 11.8 Å². The van der Waals surface area contributed by atoms with Crippen molar-refractivity contribution in [3.63, 3.8) is 0 Å². The highest BCUT2D eigenvalue weighted by Gasteiger charge is 2.32. The lowest BCUT2D eigenvalue weighted by atomic mass is 9.93. The number of rotatable bonds is 10. The van der Waals surface area contributed by atoms with Gasteiger partial charge in [-0.1, -0.05) is 29.8 Å². The largest absolute Gasteiger partial charge is 0.371 e. The van der Waals surface area contributed by atoms with E-state index in [1.807, 2.05) is 29.3 Å². The zero-order chi connectivity index (χ0) is 45.4. The van der Waals surface area contributed by atoms with Crippen LogP contribution in [0.5, 0.6) is 0 Å². The van der Waals surface area contributed by atoms with Crippen molar-refractivity contribution >= 4 is 69.1 Å². The van der Waals surface area contributed by atoms with Gasteiger partial charge in [0.05, 0.1) is 16.2 Å². The molecule has 338 valence electrons. The summed E-state index contributed by atoms with van der Waals surface area (Å²) in [5, 5.41) is 7.46. The molecule has 2 aromatic heterocycles. The Balaban J connectivity index is 0.851. The molecule has 3 aromatic carbocycles. The van der Waals surface area contributed by atoms with E-state index >= 15 is 4.39 Å². The van der Waals surface area contributed by atoms with E-state index in [2.05, 4.69) is 49.5 Å². The van der Waals surface area contributed by atoms with Crippen molar-refractivity contribution in [1.82, 2.24) is 39.7 Å². The summed E-state index contributed by atoms with van der Waals surface area (Å²) in [6.45, 7) is 5.93. The predicted molar refractivity (Wildman–Crippen MR) is 247 cm³/mol. The zero-order valence-corrected chi connectivity index (χ0v) is 37.3. The van der Waals surface area contributed by atoms with Crippen molar-refractivity contribution in [3.8, 4) is 11.1 Å². The van der Waals surface area contributed by atoms with E-state index in [0.29, 0.717) is 78.0 Å². The van der Waals surface area contributed by atoms with Crippen molar-refractivity contribution in [1.29, 1.82) is 0 Å². The van der Waals surface area contributed by atoms with Crippen LogP contribution in [0.3, 0.4) is 0 Å². The Morgan fingerprint density at radius 3 is 2.37 bits per heavy atom. The second kappa shape index (κ2) is 18.5. The molecule has 6 amide bonds. The second-order valence-corrected chi connectivity index (χ2v) is 17.7. The Kier molecular flexibility index (Phi) is 12.5. The van der Waals surface area contributed by atoms with Crippen molar-refractivity contribution in [2.24, 2.45) is 0 Å². The molecular weight excluding hydrogens is 851 g/mol. The number of aromatic amines is 1. The zero-order valence-electron chi connectivity index (χ0n) is 36.6. The molecule has 0 spiro atoms. The molecular formula is C48H52ClFN10O5. The lowest BCUT2D eigenvalue weighted by molar-refractivity contribution is -0.131. The molecule has 0 bridgehead atoms. The Bertz CT molecular complexity index is 2670. The summed E-state index contributed by atoms with van der Waals surface area (Å²) in [7, 11) is 3.33. The van der Waals surface area contributed by atoms with Gasteiger partial charge in [-0.25, -0.2) is 9.18 Å². The van der Waals surface area contributed by atoms with Gasteiger partial charge in [0.15, 0.2) is 5.82 Å². The topological polar surface area (TPSA) is 150 Å². The molecule has 6 heterocycles. The van der Waals surface area contributed by atoms with Gasteiger partial charge < -0.3 is 24.6 Å². The van der Waals surface area contributed by atoms with E-state index in [-0.39, 0.29) is 48.7 Å². The number of anilines is 2. The van der Waals surface area contributed by atoms with Crippen LogP contribution in [0.4, 0.5) is 20.6 Å². The normalized spacial score (nSPS) is 17.7. The molecule has 0 radical (unpaired) electrons. The van der Waals surface area contributed by atoms with E-state index in [4.69, 9.17) is 11.6 Å². The number of nitrogens with zero attached hydrogens (tertiary/aromatic N) is 8. The first-order valence-corrected chi connectivity index (χ1v) is 22.6. The van der Waals surface area contributed by atoms with Crippen molar-refractivity contribution in [2.45, 2.75) is 44.7 Å². The molecule has 0 unspecified atom stereocenters. The molecule has 5 aromatic rings. The highest BCUT2D eigenvalue weighted by Crippen LogP contribution is 2.38. The summed E-state index contributed by atoms with van der Waals surface area (Å²) in [6, 6.07) is 18.5. The van der Waals surface area contributed by atoms with Crippen LogP contribution in [-0.2, 0) is 16.1 Å². The van der Waals surface area contributed by atoms with Crippen LogP contribution in [0.2, 0.25) is 5.02 Å². The number of carbonyl (C=O) groups is 5. The summed E-state index contributed by atoms with van der Waals surface area (Å²) in [5.41, 5.74) is 5.31. The van der Waals surface area contributed by atoms with Crippen LogP contribution < -0.4 is 15.1 Å². The monoisotopic (exact) mass is 902 g/mol. The van der Waals surface area contributed by atoms with E-state index in [1.165, 1.54) is 9.80 Å². The Hall–Kier alpha value is -6.52. The number of piperidine rings is 1. The third-order valence-corrected chi connectivity index (χ3v) is 13.4. The average Bonchev–Trinajstić information content (AvgIpc) is 4.03. The molecule has 4 aliphatic rings. The fraction of sp³-hybridized carbons (Fsp3) is 0.375. The molecule has 3 saturated heterocycles. The molecule has 4 aliphatic heterocycles. The van der Waals surface area contributed by atoms with Crippen LogP contribution in [0.15, 0.2) is 79.1 Å². The van der Waals surface area contributed by atoms with Gasteiger partial charge in [0.25, 0.3) is 11.8 Å². The molecule has 17 heteroatoms. The lowest BCUT2D eigenvalue weighted by Crippen LogP contribution is -2.54. The molecule has 0 saturated carbocycles. The number of hydrogen-bond acceptors (Lipinski definition) is 8. The van der Waals surface area contributed by atoms with Crippen LogP contribution >= 0.6 is 11.6 Å². The summed E-state index contributed by atoms with van der Waals surface area (Å²) in [4.78, 5) is 78.6. The maximum absolute atomic E-state index is 16.6. The molecule has 3 fully saturated rings. The molecule has 9 rings (SSSR count). The molecule has 2 N–H and O–H groups in total. The van der Waals surface area contributed by atoms with E-state index in [9.17, 15) is 24.0 Å². The van der Waals surface area contributed by atoms with Gasteiger partial charge in [0, 0.05) is 133 Å². The highest BCUT2D eigenvalue weighted by molar-refractivity contribution is 6.34. The van der Waals surface area contributed by atoms with Gasteiger partial charge in [-0.3, -0.25) is 39.0 Å². The SMILES string of the molecule is CN(C)C(=O)c1cc2c(-c3ccc(N4CCC(N5CCN(C(=O)c6ccc(Cl)c(N7CCC(=O)NC7=O)c6)CC5)CC4)cc3)cc(C3=CCCN(C(=O)CCn4cccn4)C3)c(F)c2[nH]1. The van der Waals surface area contributed by atoms with Crippen LogP contribution in [-0.4, -0.2) is 143 Å². The summed E-state index contributed by atoms with van der Waals surface area (Å²) < 4.78 is 18.4. The van der Waals surface area contributed by atoms with Gasteiger partial charge in [-0.15, -0.1) is 0 Å². The number of aryl methyl sites for hydroxylation is 1. The van der Waals surface area contributed by atoms with E-state index in [1.54, 1.807) is 54.1 Å². The third kappa shape index (κ3) is 9.09. The maximum Gasteiger partial charge on any atom is 0.328 e. The number of nitrogens with one attached hydrogen (secondary N) is 2. The van der Waals surface area contributed by atoms with Crippen molar-refractivity contribution in [3.05, 3.63) is 107 Å². The van der Waals surface area contributed by atoms with Gasteiger partial charge in [0.1, 0.15) is 5.69 Å². The fourth-order valence-electron chi connectivity index (χ4n) is 9.50. The van der Waals surface area contributed by atoms with E-state index in [0.717, 1.165) is 61.4 Å². The van der Waals surface area contributed by atoms with Gasteiger partial charge in [-0.2, -0.15) is 5.10 Å². The molecule has 0 atom stereocenters. The number of carbonyl (C=O) groups excluding carboxylic acids is 5. The van der Waals surface area contributed by atoms with Crippen LogP contribution in [0.25, 0.3) is 27.6 Å². The number of hydrogen-bond donors (Lipinski definition) is 2. The third-order valence-electron chi connectivity index (χ3n) is 13.1. The number of aromatic nitrogens is 3. The number of imide groups is 1. The minimum Gasteiger partial charge on any atom is -0.371 e. The average molecular weight is 903 g/mol. The number of amides is 6. The number of piperazine rings is 1. The number of H-pyrrole nitrogens is 1. The number of fused-ring (bicyclic) bond motifs is 1. The van der Waals surface area contributed by atoms with Crippen molar-refractivity contribution < 1.29 is 28.4 Å². The highest BCUT2D eigenvalue weighted by atomic mass is 35.5. The number of benzene rings is 3. The first-order valence-electron chi connectivity index (χ1n) is 22.2.